The zero-order chi connectivity index (χ0) is 14.8. The maximum Gasteiger partial charge on any atom is 0.251 e. The Kier molecular flexibility index (Phi) is 3.69. The van der Waals surface area contributed by atoms with Crippen molar-refractivity contribution >= 4 is 11.6 Å². The van der Waals surface area contributed by atoms with Crippen molar-refractivity contribution in [2.45, 2.75) is 26.3 Å². The lowest BCUT2D eigenvalue weighted by Crippen LogP contribution is -2.26. The zero-order valence-corrected chi connectivity index (χ0v) is 12.6. The van der Waals surface area contributed by atoms with Crippen molar-refractivity contribution in [1.82, 2.24) is 9.88 Å². The minimum absolute atomic E-state index is 0.00871. The summed E-state index contributed by atoms with van der Waals surface area (Å²) in [5.41, 5.74) is 5.35. The van der Waals surface area contributed by atoms with E-state index in [1.807, 2.05) is 25.2 Å². The number of nitrogens with one attached hydrogen (secondary N) is 2. The molecule has 0 spiro atoms. The summed E-state index contributed by atoms with van der Waals surface area (Å²) in [4.78, 5) is 12.5. The van der Waals surface area contributed by atoms with Crippen LogP contribution in [0.15, 0.2) is 30.3 Å². The first kappa shape index (κ1) is 13.7. The van der Waals surface area contributed by atoms with E-state index >= 15 is 0 Å². The minimum atomic E-state index is 0.00871. The Bertz CT molecular complexity index is 673. The van der Waals surface area contributed by atoms with E-state index in [2.05, 4.69) is 34.3 Å². The molecule has 110 valence electrons. The highest BCUT2D eigenvalue weighted by Gasteiger charge is 2.17. The van der Waals surface area contributed by atoms with Crippen molar-refractivity contribution in [2.24, 2.45) is 7.05 Å². The van der Waals surface area contributed by atoms with Crippen LogP contribution in [-0.4, -0.2) is 17.0 Å². The molecule has 0 saturated heterocycles. The molecule has 0 fully saturated rings. The smallest absolute Gasteiger partial charge is 0.251 e. The van der Waals surface area contributed by atoms with Crippen LogP contribution in [0.4, 0.5) is 5.69 Å². The Morgan fingerprint density at radius 1 is 1.33 bits per heavy atom. The predicted octanol–water partition coefficient (Wildman–Crippen LogP) is 2.62. The van der Waals surface area contributed by atoms with Gasteiger partial charge in [-0.05, 0) is 49.6 Å². The maximum absolute atomic E-state index is 12.5. The molecule has 21 heavy (non-hydrogen) atoms. The first-order valence-corrected chi connectivity index (χ1v) is 7.42. The molecule has 1 aliphatic heterocycles. The minimum Gasteiger partial charge on any atom is -0.385 e. The monoisotopic (exact) mass is 283 g/mol. The third-order valence-corrected chi connectivity index (χ3v) is 4.25. The van der Waals surface area contributed by atoms with Gasteiger partial charge in [-0.25, -0.2) is 0 Å². The fourth-order valence-electron chi connectivity index (χ4n) is 2.83. The molecule has 1 aromatic carbocycles. The summed E-state index contributed by atoms with van der Waals surface area (Å²) in [5, 5.41) is 6.39. The molecule has 1 amide bonds. The van der Waals surface area contributed by atoms with Gasteiger partial charge in [0.25, 0.3) is 5.91 Å². The van der Waals surface area contributed by atoms with E-state index in [0.29, 0.717) is 6.54 Å². The number of nitrogens with zero attached hydrogens (tertiary/aromatic N) is 1. The highest BCUT2D eigenvalue weighted by molar-refractivity contribution is 5.97. The third kappa shape index (κ3) is 2.66. The van der Waals surface area contributed by atoms with Crippen LogP contribution in [0.5, 0.6) is 0 Å². The Morgan fingerprint density at radius 2 is 2.19 bits per heavy atom. The number of fused-ring (bicyclic) bond motifs is 1. The lowest BCUT2D eigenvalue weighted by Gasteiger charge is -2.20. The Hall–Kier alpha value is -2.23. The third-order valence-electron chi connectivity index (χ3n) is 4.25. The summed E-state index contributed by atoms with van der Waals surface area (Å²) in [6.07, 6.45) is 2.05. The molecule has 0 radical (unpaired) electrons. The number of aryl methyl sites for hydroxylation is 1. The summed E-state index contributed by atoms with van der Waals surface area (Å²) >= 11 is 0. The molecule has 0 unspecified atom stereocenters. The second-order valence-corrected chi connectivity index (χ2v) is 5.57. The Balaban J connectivity index is 1.75. The van der Waals surface area contributed by atoms with E-state index in [1.165, 1.54) is 5.69 Å². The zero-order valence-electron chi connectivity index (χ0n) is 12.6. The van der Waals surface area contributed by atoms with Crippen molar-refractivity contribution in [2.75, 3.05) is 11.9 Å². The van der Waals surface area contributed by atoms with Gasteiger partial charge in [0.15, 0.2) is 0 Å². The lowest BCUT2D eigenvalue weighted by molar-refractivity contribution is 0.0949. The molecule has 1 aromatic heterocycles. The molecule has 0 atom stereocenters. The number of benzene rings is 1. The van der Waals surface area contributed by atoms with Crippen LogP contribution in [0.25, 0.3) is 0 Å². The van der Waals surface area contributed by atoms with Crippen molar-refractivity contribution in [3.05, 3.63) is 52.8 Å². The summed E-state index contributed by atoms with van der Waals surface area (Å²) < 4.78 is 2.10. The van der Waals surface area contributed by atoms with E-state index in [4.69, 9.17) is 0 Å². The molecule has 2 aromatic rings. The van der Waals surface area contributed by atoms with Crippen LogP contribution < -0.4 is 10.6 Å². The van der Waals surface area contributed by atoms with Crippen LogP contribution in [0.3, 0.4) is 0 Å². The Labute approximate surface area is 125 Å². The second kappa shape index (κ2) is 5.64. The van der Waals surface area contributed by atoms with Crippen LogP contribution >= 0.6 is 0 Å². The standard InChI is InChI=1S/C17H21N3O/c1-12-8-9-13(20(12)2)11-19-17(21)15-5-3-7-16-14(15)6-4-10-18-16/h3,5,7-9,18H,4,6,10-11H2,1-2H3,(H,19,21). The number of anilines is 1. The fourth-order valence-corrected chi connectivity index (χ4v) is 2.83. The largest absolute Gasteiger partial charge is 0.385 e. The van der Waals surface area contributed by atoms with Gasteiger partial charge in [0.1, 0.15) is 0 Å². The van der Waals surface area contributed by atoms with Gasteiger partial charge in [0.2, 0.25) is 0 Å². The van der Waals surface area contributed by atoms with Gasteiger partial charge in [-0.3, -0.25) is 4.79 Å². The van der Waals surface area contributed by atoms with Gasteiger partial charge in [-0.15, -0.1) is 0 Å². The van der Waals surface area contributed by atoms with E-state index in [9.17, 15) is 4.79 Å². The molecule has 2 N–H and O–H groups in total. The summed E-state index contributed by atoms with van der Waals surface area (Å²) in [5.74, 6) is 0.00871. The molecule has 1 aliphatic rings. The number of aromatic nitrogens is 1. The van der Waals surface area contributed by atoms with E-state index < -0.39 is 0 Å². The van der Waals surface area contributed by atoms with Crippen LogP contribution in [0.2, 0.25) is 0 Å². The van der Waals surface area contributed by atoms with Crippen LogP contribution in [-0.2, 0) is 20.0 Å². The van der Waals surface area contributed by atoms with Crippen LogP contribution in [0.1, 0.15) is 33.7 Å². The summed E-state index contributed by atoms with van der Waals surface area (Å²) in [7, 11) is 2.02. The van der Waals surface area contributed by atoms with Gasteiger partial charge >= 0.3 is 0 Å². The van der Waals surface area contributed by atoms with Crippen LogP contribution in [0, 0.1) is 6.92 Å². The average Bonchev–Trinajstić information content (AvgIpc) is 2.84. The van der Waals surface area contributed by atoms with Crippen molar-refractivity contribution in [3.8, 4) is 0 Å². The number of rotatable bonds is 3. The van der Waals surface area contributed by atoms with E-state index in [0.717, 1.165) is 41.9 Å². The number of carbonyl (C=O) groups excluding carboxylic acids is 1. The van der Waals surface area contributed by atoms with Gasteiger partial charge in [0, 0.05) is 36.2 Å². The molecule has 3 rings (SSSR count). The summed E-state index contributed by atoms with van der Waals surface area (Å²) in [6, 6.07) is 10.0. The molecule has 0 saturated carbocycles. The number of amides is 1. The highest BCUT2D eigenvalue weighted by Crippen LogP contribution is 2.25. The van der Waals surface area contributed by atoms with Gasteiger partial charge in [-0.2, -0.15) is 0 Å². The molecular weight excluding hydrogens is 262 g/mol. The van der Waals surface area contributed by atoms with Gasteiger partial charge < -0.3 is 15.2 Å². The van der Waals surface area contributed by atoms with Crippen molar-refractivity contribution < 1.29 is 4.79 Å². The van der Waals surface area contributed by atoms with E-state index in [1.54, 1.807) is 0 Å². The molecule has 0 bridgehead atoms. The lowest BCUT2D eigenvalue weighted by atomic mass is 9.97. The average molecular weight is 283 g/mol. The molecule has 4 nitrogen and oxygen atoms in total. The van der Waals surface area contributed by atoms with Gasteiger partial charge in [-0.1, -0.05) is 6.07 Å². The van der Waals surface area contributed by atoms with Crippen molar-refractivity contribution in [1.29, 1.82) is 0 Å². The van der Waals surface area contributed by atoms with Gasteiger partial charge in [0.05, 0.1) is 6.54 Å². The fraction of sp³-hybridized carbons (Fsp3) is 0.353. The SMILES string of the molecule is Cc1ccc(CNC(=O)c2cccc3c2CCCN3)n1C. The van der Waals surface area contributed by atoms with Crippen molar-refractivity contribution in [3.63, 3.8) is 0 Å². The second-order valence-electron chi connectivity index (χ2n) is 5.57. The quantitative estimate of drug-likeness (QED) is 0.909. The normalized spacial score (nSPS) is 13.4. The first-order chi connectivity index (χ1) is 10.2. The highest BCUT2D eigenvalue weighted by atomic mass is 16.1. The number of hydrogen-bond donors (Lipinski definition) is 2. The first-order valence-electron chi connectivity index (χ1n) is 7.42. The van der Waals surface area contributed by atoms with E-state index in [-0.39, 0.29) is 5.91 Å². The molecule has 2 heterocycles. The number of hydrogen-bond acceptors (Lipinski definition) is 2. The summed E-state index contributed by atoms with van der Waals surface area (Å²) in [6.45, 7) is 3.60. The molecule has 0 aliphatic carbocycles. The molecular formula is C17H21N3O. The molecule has 4 heteroatoms. The maximum atomic E-state index is 12.5. The topological polar surface area (TPSA) is 46.1 Å². The number of carbonyl (C=O) groups is 1. The Morgan fingerprint density at radius 3 is 2.95 bits per heavy atom. The predicted molar refractivity (Wildman–Crippen MR) is 84.6 cm³/mol.